The van der Waals surface area contributed by atoms with Gasteiger partial charge in [0.1, 0.15) is 0 Å². The first kappa shape index (κ1) is 8.26. The second-order valence-corrected chi connectivity index (χ2v) is 2.05. The second-order valence-electron chi connectivity index (χ2n) is 2.05. The SMILES string of the molecule is O=C(O)C(=O)Nc1c[c]ccc1. The predicted octanol–water partition coefficient (Wildman–Crippen LogP) is 0.510. The van der Waals surface area contributed by atoms with E-state index < -0.39 is 11.9 Å². The molecule has 0 aliphatic carbocycles. The number of aliphatic carboxylic acids is 1. The molecule has 1 aromatic rings. The third kappa shape index (κ3) is 2.09. The lowest BCUT2D eigenvalue weighted by Crippen LogP contribution is -2.21. The van der Waals surface area contributed by atoms with E-state index >= 15 is 0 Å². The van der Waals surface area contributed by atoms with E-state index in [4.69, 9.17) is 5.11 Å². The topological polar surface area (TPSA) is 66.4 Å². The summed E-state index contributed by atoms with van der Waals surface area (Å²) in [6.45, 7) is 0. The van der Waals surface area contributed by atoms with Crippen LogP contribution in [0.2, 0.25) is 0 Å². The van der Waals surface area contributed by atoms with Crippen molar-refractivity contribution >= 4 is 17.6 Å². The van der Waals surface area contributed by atoms with Gasteiger partial charge >= 0.3 is 11.9 Å². The number of carboxylic acid groups (broad SMARTS) is 1. The smallest absolute Gasteiger partial charge is 0.394 e. The third-order valence-electron chi connectivity index (χ3n) is 1.16. The van der Waals surface area contributed by atoms with Gasteiger partial charge in [0.05, 0.1) is 0 Å². The van der Waals surface area contributed by atoms with Crippen molar-refractivity contribution in [3.63, 3.8) is 0 Å². The van der Waals surface area contributed by atoms with Crippen LogP contribution in [0.3, 0.4) is 0 Å². The van der Waals surface area contributed by atoms with Crippen LogP contribution in [0.5, 0.6) is 0 Å². The first-order valence-electron chi connectivity index (χ1n) is 3.20. The molecule has 0 heterocycles. The van der Waals surface area contributed by atoms with Gasteiger partial charge in [0.25, 0.3) is 0 Å². The summed E-state index contributed by atoms with van der Waals surface area (Å²) in [5, 5.41) is 10.4. The molecule has 1 rings (SSSR count). The van der Waals surface area contributed by atoms with Gasteiger partial charge in [-0.2, -0.15) is 0 Å². The molecule has 2 N–H and O–H groups in total. The highest BCUT2D eigenvalue weighted by Crippen LogP contribution is 2.03. The second kappa shape index (κ2) is 3.52. The molecule has 0 atom stereocenters. The molecule has 0 aliphatic heterocycles. The molecule has 0 bridgehead atoms. The summed E-state index contributed by atoms with van der Waals surface area (Å²) in [4.78, 5) is 20.7. The molecule has 0 aliphatic rings. The van der Waals surface area contributed by atoms with Gasteiger partial charge < -0.3 is 10.4 Å². The number of rotatable bonds is 1. The lowest BCUT2D eigenvalue weighted by molar-refractivity contribution is -0.147. The van der Waals surface area contributed by atoms with Gasteiger partial charge in [-0.25, -0.2) is 4.79 Å². The van der Waals surface area contributed by atoms with Crippen LogP contribution in [-0.2, 0) is 9.59 Å². The molecule has 0 fully saturated rings. The molecule has 1 radical (unpaired) electrons. The van der Waals surface area contributed by atoms with Crippen molar-refractivity contribution in [2.45, 2.75) is 0 Å². The van der Waals surface area contributed by atoms with Crippen molar-refractivity contribution in [2.24, 2.45) is 0 Å². The minimum Gasteiger partial charge on any atom is -0.474 e. The van der Waals surface area contributed by atoms with Gasteiger partial charge in [0, 0.05) is 5.69 Å². The van der Waals surface area contributed by atoms with Crippen LogP contribution in [-0.4, -0.2) is 17.0 Å². The first-order chi connectivity index (χ1) is 5.70. The molecular weight excluding hydrogens is 158 g/mol. The molecule has 0 aromatic heterocycles. The Morgan fingerprint density at radius 1 is 1.50 bits per heavy atom. The maximum absolute atomic E-state index is 10.6. The fourth-order valence-corrected chi connectivity index (χ4v) is 0.656. The fraction of sp³-hybridized carbons (Fsp3) is 0. The molecule has 1 aromatic carbocycles. The largest absolute Gasteiger partial charge is 0.474 e. The third-order valence-corrected chi connectivity index (χ3v) is 1.16. The average Bonchev–Trinajstić information content (AvgIpc) is 2.06. The standard InChI is InChI=1S/C8H6NO3/c10-7(8(11)12)9-6-4-2-1-3-5-6/h1-2,4-5H,(H,9,10)(H,11,12). The number of carbonyl (C=O) groups is 2. The van der Waals surface area contributed by atoms with Gasteiger partial charge in [-0.3, -0.25) is 4.79 Å². The summed E-state index contributed by atoms with van der Waals surface area (Å²) in [5.74, 6) is -2.55. The normalized spacial score (nSPS) is 9.00. The van der Waals surface area contributed by atoms with Crippen molar-refractivity contribution in [3.05, 3.63) is 30.3 Å². The molecule has 1 amide bonds. The van der Waals surface area contributed by atoms with Crippen molar-refractivity contribution in [1.29, 1.82) is 0 Å². The van der Waals surface area contributed by atoms with Crippen molar-refractivity contribution < 1.29 is 14.7 Å². The lowest BCUT2D eigenvalue weighted by Gasteiger charge is -1.98. The molecule has 61 valence electrons. The van der Waals surface area contributed by atoms with E-state index in [2.05, 4.69) is 11.4 Å². The quantitative estimate of drug-likeness (QED) is 0.594. The van der Waals surface area contributed by atoms with E-state index in [1.165, 1.54) is 6.07 Å². The number of benzene rings is 1. The number of anilines is 1. The number of carbonyl (C=O) groups excluding carboxylic acids is 1. The number of hydrogen-bond acceptors (Lipinski definition) is 2. The Balaban J connectivity index is 2.65. The van der Waals surface area contributed by atoms with Crippen LogP contribution in [0.15, 0.2) is 24.3 Å². The van der Waals surface area contributed by atoms with Gasteiger partial charge in [0.15, 0.2) is 0 Å². The van der Waals surface area contributed by atoms with E-state index in [1.807, 2.05) is 0 Å². The highest BCUT2D eigenvalue weighted by atomic mass is 16.4. The van der Waals surface area contributed by atoms with E-state index in [1.54, 1.807) is 18.2 Å². The van der Waals surface area contributed by atoms with E-state index in [-0.39, 0.29) is 0 Å². The minimum atomic E-state index is -1.50. The maximum Gasteiger partial charge on any atom is 0.394 e. The van der Waals surface area contributed by atoms with E-state index in [9.17, 15) is 9.59 Å². The molecule has 0 saturated carbocycles. The molecule has 4 nitrogen and oxygen atoms in total. The molecular formula is C8H6NO3. The van der Waals surface area contributed by atoms with Crippen LogP contribution in [0.1, 0.15) is 0 Å². The Morgan fingerprint density at radius 2 is 2.25 bits per heavy atom. The van der Waals surface area contributed by atoms with Crippen LogP contribution >= 0.6 is 0 Å². The summed E-state index contributed by atoms with van der Waals surface area (Å²) in [7, 11) is 0. The van der Waals surface area contributed by atoms with E-state index in [0.29, 0.717) is 5.69 Å². The molecule has 12 heavy (non-hydrogen) atoms. The van der Waals surface area contributed by atoms with Crippen LogP contribution in [0.4, 0.5) is 5.69 Å². The number of amides is 1. The first-order valence-corrected chi connectivity index (χ1v) is 3.20. The zero-order valence-electron chi connectivity index (χ0n) is 6.07. The Labute approximate surface area is 68.8 Å². The van der Waals surface area contributed by atoms with Gasteiger partial charge in [0.2, 0.25) is 0 Å². The van der Waals surface area contributed by atoms with Gasteiger partial charge in [-0.1, -0.05) is 12.1 Å². The highest BCUT2D eigenvalue weighted by molar-refractivity contribution is 6.36. The minimum absolute atomic E-state index is 0.421. The molecule has 0 saturated heterocycles. The lowest BCUT2D eigenvalue weighted by atomic mass is 10.3. The Morgan fingerprint density at radius 3 is 2.75 bits per heavy atom. The van der Waals surface area contributed by atoms with Crippen molar-refractivity contribution in [1.82, 2.24) is 0 Å². The summed E-state index contributed by atoms with van der Waals surface area (Å²) >= 11 is 0. The van der Waals surface area contributed by atoms with Gasteiger partial charge in [-0.05, 0) is 18.2 Å². The van der Waals surface area contributed by atoms with Crippen molar-refractivity contribution in [2.75, 3.05) is 5.32 Å². The Bertz CT molecular complexity index is 294. The molecule has 0 spiro atoms. The summed E-state index contributed by atoms with van der Waals surface area (Å²) in [6.07, 6.45) is 0. The fourth-order valence-electron chi connectivity index (χ4n) is 0.656. The zero-order chi connectivity index (χ0) is 8.97. The summed E-state index contributed by atoms with van der Waals surface area (Å²) < 4.78 is 0. The molecule has 4 heteroatoms. The number of hydrogen-bond donors (Lipinski definition) is 2. The van der Waals surface area contributed by atoms with Gasteiger partial charge in [-0.15, -0.1) is 0 Å². The maximum atomic E-state index is 10.6. The number of carboxylic acids is 1. The zero-order valence-corrected chi connectivity index (χ0v) is 6.07. The highest BCUT2D eigenvalue weighted by Gasteiger charge is 2.09. The van der Waals surface area contributed by atoms with Crippen LogP contribution in [0, 0.1) is 6.07 Å². The average molecular weight is 164 g/mol. The summed E-state index contributed by atoms with van der Waals surface area (Å²) in [6, 6.07) is 9.06. The Kier molecular flexibility index (Phi) is 2.42. The van der Waals surface area contributed by atoms with Crippen LogP contribution < -0.4 is 5.32 Å². The van der Waals surface area contributed by atoms with Crippen LogP contribution in [0.25, 0.3) is 0 Å². The van der Waals surface area contributed by atoms with E-state index in [0.717, 1.165) is 0 Å². The molecule has 0 unspecified atom stereocenters. The summed E-state index contributed by atoms with van der Waals surface area (Å²) in [5.41, 5.74) is 0.421. The monoisotopic (exact) mass is 164 g/mol. The van der Waals surface area contributed by atoms with Crippen molar-refractivity contribution in [3.8, 4) is 0 Å². The predicted molar refractivity (Wildman–Crippen MR) is 41.5 cm³/mol. The Hall–Kier alpha value is -1.84. The number of nitrogens with one attached hydrogen (secondary N) is 1.